The average molecular weight is 129 g/mol. The Morgan fingerprint density at radius 3 is 2.44 bits per heavy atom. The van der Waals surface area contributed by atoms with E-state index < -0.39 is 17.8 Å². The van der Waals surface area contributed by atoms with Crippen molar-refractivity contribution in [2.24, 2.45) is 0 Å². The third kappa shape index (κ3) is 1.04. The van der Waals surface area contributed by atoms with Gasteiger partial charge >= 0.3 is 11.9 Å². The highest BCUT2D eigenvalue weighted by Gasteiger charge is 2.24. The molecule has 1 N–H and O–H groups in total. The first-order valence-corrected chi connectivity index (χ1v) is 2.21. The van der Waals surface area contributed by atoms with E-state index in [0.29, 0.717) is 0 Å². The Balaban J connectivity index is 2.64. The second-order valence-corrected chi connectivity index (χ2v) is 1.45. The van der Waals surface area contributed by atoms with Crippen LogP contribution in [0.2, 0.25) is 0 Å². The SMILES string of the molecule is O=C1COC(=O)C(=O)N1. The van der Waals surface area contributed by atoms with Gasteiger partial charge in [-0.2, -0.15) is 0 Å². The topological polar surface area (TPSA) is 72.5 Å². The highest BCUT2D eigenvalue weighted by Crippen LogP contribution is 1.85. The van der Waals surface area contributed by atoms with E-state index in [1.807, 2.05) is 0 Å². The van der Waals surface area contributed by atoms with Crippen molar-refractivity contribution in [1.29, 1.82) is 0 Å². The van der Waals surface area contributed by atoms with E-state index in [4.69, 9.17) is 0 Å². The van der Waals surface area contributed by atoms with Crippen LogP contribution in [-0.4, -0.2) is 24.4 Å². The Hall–Kier alpha value is -1.39. The Labute approximate surface area is 50.0 Å². The summed E-state index contributed by atoms with van der Waals surface area (Å²) >= 11 is 0. The van der Waals surface area contributed by atoms with Crippen LogP contribution in [0.3, 0.4) is 0 Å². The van der Waals surface area contributed by atoms with E-state index in [2.05, 4.69) is 4.74 Å². The van der Waals surface area contributed by atoms with Gasteiger partial charge in [-0.15, -0.1) is 0 Å². The molecule has 1 aliphatic heterocycles. The van der Waals surface area contributed by atoms with Gasteiger partial charge in [0.05, 0.1) is 0 Å². The number of carbonyl (C=O) groups is 3. The minimum Gasteiger partial charge on any atom is -0.448 e. The fraction of sp³-hybridized carbons (Fsp3) is 0.250. The third-order valence-electron chi connectivity index (χ3n) is 0.773. The van der Waals surface area contributed by atoms with Crippen LogP contribution in [0.1, 0.15) is 0 Å². The summed E-state index contributed by atoms with van der Waals surface area (Å²) < 4.78 is 4.10. The molecule has 5 nitrogen and oxygen atoms in total. The van der Waals surface area contributed by atoms with Gasteiger partial charge in [-0.05, 0) is 0 Å². The van der Waals surface area contributed by atoms with Gasteiger partial charge in [-0.1, -0.05) is 0 Å². The van der Waals surface area contributed by atoms with Gasteiger partial charge in [-0.3, -0.25) is 14.9 Å². The Bertz CT molecular complexity index is 185. The van der Waals surface area contributed by atoms with Gasteiger partial charge in [0.1, 0.15) is 0 Å². The van der Waals surface area contributed by atoms with Gasteiger partial charge in [0.2, 0.25) is 0 Å². The summed E-state index contributed by atoms with van der Waals surface area (Å²) in [7, 11) is 0. The minimum absolute atomic E-state index is 0.357. The van der Waals surface area contributed by atoms with Gasteiger partial charge in [0.25, 0.3) is 5.91 Å². The summed E-state index contributed by atoms with van der Waals surface area (Å²) in [6.45, 7) is -0.357. The molecule has 0 aromatic carbocycles. The van der Waals surface area contributed by atoms with E-state index in [1.54, 1.807) is 5.32 Å². The van der Waals surface area contributed by atoms with Crippen molar-refractivity contribution < 1.29 is 19.1 Å². The van der Waals surface area contributed by atoms with E-state index in [1.165, 1.54) is 0 Å². The molecule has 48 valence electrons. The predicted molar refractivity (Wildman–Crippen MR) is 24.1 cm³/mol. The van der Waals surface area contributed by atoms with E-state index in [0.717, 1.165) is 0 Å². The third-order valence-corrected chi connectivity index (χ3v) is 0.773. The van der Waals surface area contributed by atoms with Crippen molar-refractivity contribution in [3.8, 4) is 0 Å². The molecule has 0 saturated carbocycles. The molecule has 1 rings (SSSR count). The minimum atomic E-state index is -1.00. The molecule has 1 saturated heterocycles. The number of hydrogen-bond donors (Lipinski definition) is 1. The molecule has 2 amide bonds. The molecule has 0 radical (unpaired) electrons. The molecule has 0 spiro atoms. The maximum Gasteiger partial charge on any atom is 0.397 e. The van der Waals surface area contributed by atoms with Crippen molar-refractivity contribution >= 4 is 17.8 Å². The number of esters is 1. The number of rotatable bonds is 0. The number of morpholine rings is 1. The first kappa shape index (κ1) is 5.74. The maximum atomic E-state index is 10.2. The standard InChI is InChI=1S/C4H3NO4/c6-2-1-9-4(8)3(7)5-2/h1H2,(H,5,6,7). The highest BCUT2D eigenvalue weighted by atomic mass is 16.5. The lowest BCUT2D eigenvalue weighted by Gasteiger charge is -2.08. The summed E-state index contributed by atoms with van der Waals surface area (Å²) in [5.74, 6) is -2.58. The van der Waals surface area contributed by atoms with E-state index >= 15 is 0 Å². The number of ether oxygens (including phenoxy) is 1. The maximum absolute atomic E-state index is 10.2. The first-order chi connectivity index (χ1) is 4.20. The fourth-order valence-electron chi connectivity index (χ4n) is 0.410. The zero-order chi connectivity index (χ0) is 6.85. The number of nitrogens with one attached hydrogen (secondary N) is 1. The monoisotopic (exact) mass is 129 g/mol. The van der Waals surface area contributed by atoms with Crippen molar-refractivity contribution in [2.75, 3.05) is 6.61 Å². The van der Waals surface area contributed by atoms with Gasteiger partial charge in [0, 0.05) is 0 Å². The van der Waals surface area contributed by atoms with E-state index in [-0.39, 0.29) is 6.61 Å². The molecular weight excluding hydrogens is 126 g/mol. The van der Waals surface area contributed by atoms with Crippen molar-refractivity contribution in [3.63, 3.8) is 0 Å². The Morgan fingerprint density at radius 2 is 2.00 bits per heavy atom. The average Bonchev–Trinajstić information content (AvgIpc) is 1.80. The first-order valence-electron chi connectivity index (χ1n) is 2.21. The molecule has 0 aromatic heterocycles. The Morgan fingerprint density at radius 1 is 1.33 bits per heavy atom. The molecule has 0 bridgehead atoms. The molecule has 0 atom stereocenters. The summed E-state index contributed by atoms with van der Waals surface area (Å²) in [4.78, 5) is 30.6. The molecule has 1 aliphatic rings. The molecule has 0 aromatic rings. The zero-order valence-electron chi connectivity index (χ0n) is 4.34. The largest absolute Gasteiger partial charge is 0.448 e. The zero-order valence-corrected chi connectivity index (χ0v) is 4.34. The fourth-order valence-corrected chi connectivity index (χ4v) is 0.410. The molecule has 9 heavy (non-hydrogen) atoms. The Kier molecular flexibility index (Phi) is 1.18. The van der Waals surface area contributed by atoms with Gasteiger partial charge in [-0.25, -0.2) is 4.79 Å². The smallest absolute Gasteiger partial charge is 0.397 e. The van der Waals surface area contributed by atoms with Crippen LogP contribution >= 0.6 is 0 Å². The van der Waals surface area contributed by atoms with E-state index in [9.17, 15) is 14.4 Å². The van der Waals surface area contributed by atoms with Gasteiger partial charge < -0.3 is 4.74 Å². The highest BCUT2D eigenvalue weighted by molar-refractivity contribution is 6.37. The summed E-state index contributed by atoms with van der Waals surface area (Å²) in [5, 5.41) is 1.78. The summed E-state index contributed by atoms with van der Waals surface area (Å²) in [6, 6.07) is 0. The molecule has 1 fully saturated rings. The molecule has 0 aliphatic carbocycles. The quantitative estimate of drug-likeness (QED) is 0.237. The van der Waals surface area contributed by atoms with Crippen LogP contribution in [0.25, 0.3) is 0 Å². The predicted octanol–water partition coefficient (Wildman–Crippen LogP) is -1.81. The summed E-state index contributed by atoms with van der Waals surface area (Å²) in [6.07, 6.45) is 0. The van der Waals surface area contributed by atoms with Gasteiger partial charge in [0.15, 0.2) is 6.61 Å². The molecule has 0 unspecified atom stereocenters. The number of hydrogen-bond acceptors (Lipinski definition) is 4. The second kappa shape index (κ2) is 1.85. The lowest BCUT2D eigenvalue weighted by atomic mass is 10.5. The molecule has 1 heterocycles. The van der Waals surface area contributed by atoms with Crippen LogP contribution in [0.15, 0.2) is 0 Å². The lowest BCUT2D eigenvalue weighted by molar-refractivity contribution is -0.163. The van der Waals surface area contributed by atoms with Crippen molar-refractivity contribution in [3.05, 3.63) is 0 Å². The van der Waals surface area contributed by atoms with Crippen molar-refractivity contribution in [2.45, 2.75) is 0 Å². The number of carbonyl (C=O) groups excluding carboxylic acids is 3. The number of imide groups is 1. The number of cyclic esters (lactones) is 1. The van der Waals surface area contributed by atoms with Crippen LogP contribution in [0.4, 0.5) is 0 Å². The summed E-state index contributed by atoms with van der Waals surface area (Å²) in [5.41, 5.74) is 0. The van der Waals surface area contributed by atoms with Crippen LogP contribution in [0.5, 0.6) is 0 Å². The second-order valence-electron chi connectivity index (χ2n) is 1.45. The lowest BCUT2D eigenvalue weighted by Crippen LogP contribution is -2.45. The molecule has 5 heteroatoms. The van der Waals surface area contributed by atoms with Crippen LogP contribution < -0.4 is 5.32 Å². The molecular formula is C4H3NO4. The number of amides is 2. The van der Waals surface area contributed by atoms with Crippen LogP contribution in [-0.2, 0) is 19.1 Å². The van der Waals surface area contributed by atoms with Crippen LogP contribution in [0, 0.1) is 0 Å². The van der Waals surface area contributed by atoms with Crippen molar-refractivity contribution in [1.82, 2.24) is 5.32 Å². The normalized spacial score (nSPS) is 18.9.